The first-order valence-electron chi connectivity index (χ1n) is 4.17. The molecule has 0 aliphatic heterocycles. The topological polar surface area (TPSA) is 25.8 Å². The molecule has 0 spiro atoms. The van der Waals surface area contributed by atoms with Crippen molar-refractivity contribution >= 4 is 44.9 Å². The van der Waals surface area contributed by atoms with Gasteiger partial charge >= 0.3 is 91.4 Å². The molecule has 2 rings (SSSR count). The fourth-order valence-corrected chi connectivity index (χ4v) is 2.88. The first-order valence-corrected chi connectivity index (χ1v) is 7.02. The van der Waals surface area contributed by atoms with Crippen LogP contribution < -0.4 is 3.45 Å². The Hall–Kier alpha value is -0.830. The molecular formula is C10H9InN2. The van der Waals surface area contributed by atoms with E-state index in [1.54, 1.807) is 6.08 Å². The summed E-state index contributed by atoms with van der Waals surface area (Å²) in [4.78, 5) is 8.97. The van der Waals surface area contributed by atoms with E-state index in [0.717, 1.165) is 20.2 Å². The van der Waals surface area contributed by atoms with Gasteiger partial charge in [0.25, 0.3) is 0 Å². The van der Waals surface area contributed by atoms with Gasteiger partial charge in [-0.15, -0.1) is 0 Å². The summed E-state index contributed by atoms with van der Waals surface area (Å²) in [6, 6.07) is 7.93. The number of fused-ring (bicyclic) bond motifs is 1. The van der Waals surface area contributed by atoms with Crippen LogP contribution in [0, 0.1) is 0 Å². The zero-order chi connectivity index (χ0) is 9.26. The standard InChI is InChI=1S/C10H7N2.In.2H/c1-2-8-7-11-9-5-3-4-6-10(9)12-8;;;/h2-6H,1H2;;;. The summed E-state index contributed by atoms with van der Waals surface area (Å²) in [5, 5.41) is 0. The van der Waals surface area contributed by atoms with E-state index in [0.29, 0.717) is 24.4 Å². The zero-order valence-electron chi connectivity index (χ0n) is 7.49. The summed E-state index contributed by atoms with van der Waals surface area (Å²) in [6.07, 6.45) is 1.78. The zero-order valence-corrected chi connectivity index (χ0v) is 13.2. The van der Waals surface area contributed by atoms with Gasteiger partial charge in [-0.05, 0) is 0 Å². The van der Waals surface area contributed by atoms with E-state index in [1.807, 2.05) is 24.3 Å². The molecule has 0 saturated carbocycles. The van der Waals surface area contributed by atoms with E-state index >= 15 is 0 Å². The summed E-state index contributed by atoms with van der Waals surface area (Å²) >= 11 is 0.382. The Kier molecular flexibility index (Phi) is 2.36. The second-order valence-electron chi connectivity index (χ2n) is 2.89. The first kappa shape index (κ1) is 8.75. The number of benzene rings is 1. The Morgan fingerprint density at radius 2 is 1.77 bits per heavy atom. The van der Waals surface area contributed by atoms with Crippen molar-refractivity contribution in [2.45, 2.75) is 0 Å². The SMILES string of the molecule is C=Cc1nc2ccccc2n[c]1[InH2]. The molecule has 0 saturated heterocycles. The molecular weight excluding hydrogens is 263 g/mol. The minimum absolute atomic E-state index is 0.382. The minimum atomic E-state index is 0.382. The molecule has 0 unspecified atom stereocenters. The van der Waals surface area contributed by atoms with Crippen LogP contribution in [-0.4, -0.2) is 34.3 Å². The molecule has 0 aliphatic rings. The van der Waals surface area contributed by atoms with Crippen molar-refractivity contribution in [3.8, 4) is 0 Å². The van der Waals surface area contributed by atoms with Crippen LogP contribution in [-0.2, 0) is 0 Å². The van der Waals surface area contributed by atoms with Gasteiger partial charge in [-0.1, -0.05) is 0 Å². The molecule has 0 amide bonds. The van der Waals surface area contributed by atoms with Gasteiger partial charge in [-0.3, -0.25) is 0 Å². The van der Waals surface area contributed by atoms with E-state index < -0.39 is 0 Å². The molecule has 0 atom stereocenters. The molecule has 0 radical (unpaired) electrons. The van der Waals surface area contributed by atoms with Gasteiger partial charge in [-0.25, -0.2) is 0 Å². The predicted octanol–water partition coefficient (Wildman–Crippen LogP) is 0.531. The monoisotopic (exact) mass is 272 g/mol. The van der Waals surface area contributed by atoms with Gasteiger partial charge in [0.1, 0.15) is 0 Å². The second-order valence-corrected chi connectivity index (χ2v) is 5.59. The molecule has 2 aromatic rings. The summed E-state index contributed by atoms with van der Waals surface area (Å²) in [5.41, 5.74) is 2.89. The average Bonchev–Trinajstić information content (AvgIpc) is 2.17. The first-order chi connectivity index (χ1) is 6.31. The van der Waals surface area contributed by atoms with Gasteiger partial charge in [0.05, 0.1) is 0 Å². The molecule has 62 valence electrons. The van der Waals surface area contributed by atoms with E-state index in [9.17, 15) is 0 Å². The van der Waals surface area contributed by atoms with Crippen molar-refractivity contribution in [1.29, 1.82) is 0 Å². The van der Waals surface area contributed by atoms with Crippen LogP contribution in [0.3, 0.4) is 0 Å². The molecule has 1 heterocycles. The Labute approximate surface area is 91.3 Å². The number of aromatic nitrogens is 2. The van der Waals surface area contributed by atoms with Gasteiger partial charge in [0, 0.05) is 0 Å². The number of nitrogens with zero attached hydrogens (tertiary/aromatic N) is 2. The molecule has 3 heteroatoms. The van der Waals surface area contributed by atoms with Crippen LogP contribution >= 0.6 is 0 Å². The third-order valence-electron chi connectivity index (χ3n) is 1.97. The number of rotatable bonds is 1. The summed E-state index contributed by atoms with van der Waals surface area (Å²) in [5.74, 6) is 0. The van der Waals surface area contributed by atoms with Crippen LogP contribution in [0.1, 0.15) is 5.69 Å². The molecule has 1 aromatic carbocycles. The van der Waals surface area contributed by atoms with Gasteiger partial charge in [-0.2, -0.15) is 0 Å². The van der Waals surface area contributed by atoms with Gasteiger partial charge < -0.3 is 0 Å². The third-order valence-corrected chi connectivity index (χ3v) is 4.08. The maximum atomic E-state index is 4.51. The van der Waals surface area contributed by atoms with Crippen LogP contribution in [0.15, 0.2) is 30.8 Å². The molecule has 0 N–H and O–H groups in total. The van der Waals surface area contributed by atoms with E-state index in [1.165, 1.54) is 0 Å². The van der Waals surface area contributed by atoms with Crippen LogP contribution in [0.4, 0.5) is 0 Å². The Bertz CT molecular complexity index is 465. The second kappa shape index (κ2) is 3.50. The maximum absolute atomic E-state index is 4.51. The van der Waals surface area contributed by atoms with Crippen molar-refractivity contribution < 1.29 is 0 Å². The van der Waals surface area contributed by atoms with Crippen molar-refractivity contribution in [3.05, 3.63) is 36.5 Å². The fraction of sp³-hybridized carbons (Fsp3) is 0. The van der Waals surface area contributed by atoms with Crippen molar-refractivity contribution in [3.63, 3.8) is 0 Å². The molecule has 0 fully saturated rings. The number of hydrogen-bond acceptors (Lipinski definition) is 2. The van der Waals surface area contributed by atoms with Crippen molar-refractivity contribution in [2.24, 2.45) is 0 Å². The summed E-state index contributed by atoms with van der Waals surface area (Å²) in [6.45, 7) is 3.73. The Morgan fingerprint density at radius 1 is 1.15 bits per heavy atom. The van der Waals surface area contributed by atoms with Gasteiger partial charge in [0.15, 0.2) is 0 Å². The molecule has 13 heavy (non-hydrogen) atoms. The Balaban J connectivity index is 2.81. The predicted molar refractivity (Wildman–Crippen MR) is 57.8 cm³/mol. The average molecular weight is 272 g/mol. The fourth-order valence-electron chi connectivity index (χ4n) is 1.30. The molecule has 2 nitrogen and oxygen atoms in total. The van der Waals surface area contributed by atoms with E-state index in [2.05, 4.69) is 16.5 Å². The van der Waals surface area contributed by atoms with Crippen molar-refractivity contribution in [2.75, 3.05) is 0 Å². The quantitative estimate of drug-likeness (QED) is 0.757. The third kappa shape index (κ3) is 1.61. The summed E-state index contributed by atoms with van der Waals surface area (Å²) in [7, 11) is 0. The van der Waals surface area contributed by atoms with E-state index in [4.69, 9.17) is 0 Å². The normalized spacial score (nSPS) is 10.2. The van der Waals surface area contributed by atoms with Gasteiger partial charge in [0.2, 0.25) is 0 Å². The Morgan fingerprint density at radius 3 is 2.38 bits per heavy atom. The molecule has 0 aliphatic carbocycles. The van der Waals surface area contributed by atoms with Crippen LogP contribution in [0.25, 0.3) is 17.1 Å². The van der Waals surface area contributed by atoms with Crippen LogP contribution in [0.5, 0.6) is 0 Å². The van der Waals surface area contributed by atoms with E-state index in [-0.39, 0.29) is 0 Å². The molecule has 0 bridgehead atoms. The van der Waals surface area contributed by atoms with Crippen molar-refractivity contribution in [1.82, 2.24) is 9.97 Å². The van der Waals surface area contributed by atoms with Crippen LogP contribution in [0.2, 0.25) is 0 Å². The number of hydrogen-bond donors (Lipinski definition) is 0. The summed E-state index contributed by atoms with van der Waals surface area (Å²) < 4.78 is 1.13. The number of para-hydroxylation sites is 2. The molecule has 1 aromatic heterocycles.